The second kappa shape index (κ2) is 6.40. The standard InChI is InChI=1S/C18H14O2/c1-3-14-4-6-15(7-5-14)8-9-16-10-12-17(13-11-16)18(19)20-2/h3-7,10-13H,1H2,2H3. The predicted molar refractivity (Wildman–Crippen MR) is 80.3 cm³/mol. The van der Waals surface area contributed by atoms with E-state index in [0.717, 1.165) is 16.7 Å². The molecule has 0 spiro atoms. The van der Waals surface area contributed by atoms with Crippen LogP contribution in [0.5, 0.6) is 0 Å². The van der Waals surface area contributed by atoms with Crippen LogP contribution in [0.4, 0.5) is 0 Å². The zero-order valence-electron chi connectivity index (χ0n) is 11.2. The Balaban J connectivity index is 2.15. The van der Waals surface area contributed by atoms with Crippen molar-refractivity contribution in [3.8, 4) is 11.8 Å². The van der Waals surface area contributed by atoms with Crippen LogP contribution in [0, 0.1) is 11.8 Å². The molecule has 2 heteroatoms. The van der Waals surface area contributed by atoms with Gasteiger partial charge in [-0.2, -0.15) is 0 Å². The van der Waals surface area contributed by atoms with Crippen molar-refractivity contribution in [3.05, 3.63) is 77.4 Å². The van der Waals surface area contributed by atoms with E-state index in [1.165, 1.54) is 7.11 Å². The molecule has 98 valence electrons. The monoisotopic (exact) mass is 262 g/mol. The number of carbonyl (C=O) groups is 1. The summed E-state index contributed by atoms with van der Waals surface area (Å²) < 4.78 is 4.64. The van der Waals surface area contributed by atoms with Crippen LogP contribution in [0.2, 0.25) is 0 Å². The third-order valence-electron chi connectivity index (χ3n) is 2.80. The summed E-state index contributed by atoms with van der Waals surface area (Å²) in [6.07, 6.45) is 1.79. The molecule has 20 heavy (non-hydrogen) atoms. The van der Waals surface area contributed by atoms with E-state index in [4.69, 9.17) is 0 Å². The van der Waals surface area contributed by atoms with Gasteiger partial charge in [-0.15, -0.1) is 0 Å². The molecule has 2 aromatic carbocycles. The van der Waals surface area contributed by atoms with Crippen LogP contribution in [-0.4, -0.2) is 13.1 Å². The molecule has 0 radical (unpaired) electrons. The summed E-state index contributed by atoms with van der Waals surface area (Å²) in [7, 11) is 1.36. The Morgan fingerprint density at radius 3 is 1.95 bits per heavy atom. The maximum atomic E-state index is 11.3. The number of carbonyl (C=O) groups excluding carboxylic acids is 1. The zero-order valence-corrected chi connectivity index (χ0v) is 11.2. The summed E-state index contributed by atoms with van der Waals surface area (Å²) in [5, 5.41) is 0. The lowest BCUT2D eigenvalue weighted by molar-refractivity contribution is 0.0601. The van der Waals surface area contributed by atoms with E-state index in [1.807, 2.05) is 24.3 Å². The Morgan fingerprint density at radius 1 is 1.00 bits per heavy atom. The summed E-state index contributed by atoms with van der Waals surface area (Å²) in [4.78, 5) is 11.3. The van der Waals surface area contributed by atoms with Crippen LogP contribution >= 0.6 is 0 Å². The van der Waals surface area contributed by atoms with Gasteiger partial charge in [0, 0.05) is 11.1 Å². The quantitative estimate of drug-likeness (QED) is 0.611. The second-order valence-electron chi connectivity index (χ2n) is 4.15. The minimum Gasteiger partial charge on any atom is -0.465 e. The number of hydrogen-bond acceptors (Lipinski definition) is 2. The fourth-order valence-corrected chi connectivity index (χ4v) is 1.65. The van der Waals surface area contributed by atoms with E-state index >= 15 is 0 Å². The Kier molecular flexibility index (Phi) is 4.36. The normalized spacial score (nSPS) is 9.25. The third-order valence-corrected chi connectivity index (χ3v) is 2.80. The van der Waals surface area contributed by atoms with Crippen LogP contribution in [-0.2, 0) is 4.74 Å². The fourth-order valence-electron chi connectivity index (χ4n) is 1.65. The van der Waals surface area contributed by atoms with E-state index in [9.17, 15) is 4.79 Å². The molecule has 0 fully saturated rings. The number of ether oxygens (including phenoxy) is 1. The molecule has 0 saturated carbocycles. The second-order valence-corrected chi connectivity index (χ2v) is 4.15. The van der Waals surface area contributed by atoms with Gasteiger partial charge in [0.25, 0.3) is 0 Å². The number of benzene rings is 2. The van der Waals surface area contributed by atoms with Gasteiger partial charge in [0.15, 0.2) is 0 Å². The first kappa shape index (κ1) is 13.6. The molecule has 0 amide bonds. The fraction of sp³-hybridized carbons (Fsp3) is 0.0556. The van der Waals surface area contributed by atoms with Gasteiger partial charge in [-0.25, -0.2) is 4.79 Å². The molecule has 0 aliphatic heterocycles. The van der Waals surface area contributed by atoms with Crippen molar-refractivity contribution in [1.82, 2.24) is 0 Å². The number of methoxy groups -OCH3 is 1. The molecule has 0 aliphatic carbocycles. The van der Waals surface area contributed by atoms with Crippen molar-refractivity contribution in [2.75, 3.05) is 7.11 Å². The maximum Gasteiger partial charge on any atom is 0.337 e. The molecule has 0 aliphatic rings. The highest BCUT2D eigenvalue weighted by Gasteiger charge is 2.02. The molecule has 0 N–H and O–H groups in total. The minimum absolute atomic E-state index is 0.343. The molecular formula is C18H14O2. The van der Waals surface area contributed by atoms with E-state index < -0.39 is 0 Å². The van der Waals surface area contributed by atoms with Crippen LogP contribution < -0.4 is 0 Å². The molecule has 0 saturated heterocycles. The molecule has 2 rings (SSSR count). The van der Waals surface area contributed by atoms with Gasteiger partial charge in [-0.05, 0) is 42.0 Å². The van der Waals surface area contributed by atoms with E-state index in [0.29, 0.717) is 5.56 Å². The topological polar surface area (TPSA) is 26.3 Å². The van der Waals surface area contributed by atoms with Gasteiger partial charge in [0.05, 0.1) is 12.7 Å². The van der Waals surface area contributed by atoms with Crippen molar-refractivity contribution < 1.29 is 9.53 Å². The number of esters is 1. The van der Waals surface area contributed by atoms with Gasteiger partial charge in [-0.3, -0.25) is 0 Å². The summed E-state index contributed by atoms with van der Waals surface area (Å²) in [6.45, 7) is 3.71. The molecular weight excluding hydrogens is 248 g/mol. The van der Waals surface area contributed by atoms with Crippen LogP contribution in [0.25, 0.3) is 6.08 Å². The van der Waals surface area contributed by atoms with Crippen LogP contribution in [0.1, 0.15) is 27.0 Å². The van der Waals surface area contributed by atoms with Crippen LogP contribution in [0.3, 0.4) is 0 Å². The lowest BCUT2D eigenvalue weighted by Crippen LogP contribution is -2.00. The average molecular weight is 262 g/mol. The Labute approximate surface area is 118 Å². The van der Waals surface area contributed by atoms with E-state index in [2.05, 4.69) is 23.2 Å². The smallest absolute Gasteiger partial charge is 0.337 e. The Morgan fingerprint density at radius 2 is 1.50 bits per heavy atom. The Bertz CT molecular complexity index is 668. The van der Waals surface area contributed by atoms with Crippen LogP contribution in [0.15, 0.2) is 55.1 Å². The molecule has 0 aromatic heterocycles. The summed E-state index contributed by atoms with van der Waals surface area (Å²) in [5.74, 6) is 5.79. The first-order valence-corrected chi connectivity index (χ1v) is 6.16. The zero-order chi connectivity index (χ0) is 14.4. The maximum absolute atomic E-state index is 11.3. The predicted octanol–water partition coefficient (Wildman–Crippen LogP) is 3.52. The lowest BCUT2D eigenvalue weighted by atomic mass is 10.1. The molecule has 0 unspecified atom stereocenters. The highest BCUT2D eigenvalue weighted by molar-refractivity contribution is 5.89. The van der Waals surface area contributed by atoms with Gasteiger partial charge in [0.2, 0.25) is 0 Å². The van der Waals surface area contributed by atoms with Gasteiger partial charge in [0.1, 0.15) is 0 Å². The highest BCUT2D eigenvalue weighted by Crippen LogP contribution is 2.06. The molecule has 2 aromatic rings. The van der Waals surface area contributed by atoms with Crippen molar-refractivity contribution in [1.29, 1.82) is 0 Å². The average Bonchev–Trinajstić information content (AvgIpc) is 2.53. The molecule has 0 atom stereocenters. The van der Waals surface area contributed by atoms with E-state index in [-0.39, 0.29) is 5.97 Å². The van der Waals surface area contributed by atoms with Crippen molar-refractivity contribution in [2.24, 2.45) is 0 Å². The first-order chi connectivity index (χ1) is 9.72. The summed E-state index contributed by atoms with van der Waals surface area (Å²) in [6, 6.07) is 14.9. The largest absolute Gasteiger partial charge is 0.465 e. The first-order valence-electron chi connectivity index (χ1n) is 6.16. The van der Waals surface area contributed by atoms with Gasteiger partial charge < -0.3 is 4.74 Å². The number of hydrogen-bond donors (Lipinski definition) is 0. The Hall–Kier alpha value is -2.79. The van der Waals surface area contributed by atoms with Crippen molar-refractivity contribution >= 4 is 12.0 Å². The van der Waals surface area contributed by atoms with Crippen molar-refractivity contribution in [3.63, 3.8) is 0 Å². The molecule has 2 nitrogen and oxygen atoms in total. The molecule has 0 heterocycles. The van der Waals surface area contributed by atoms with Gasteiger partial charge in [-0.1, -0.05) is 36.6 Å². The van der Waals surface area contributed by atoms with E-state index in [1.54, 1.807) is 30.3 Å². The summed E-state index contributed by atoms with van der Waals surface area (Å²) in [5.41, 5.74) is 3.38. The lowest BCUT2D eigenvalue weighted by Gasteiger charge is -1.98. The van der Waals surface area contributed by atoms with Gasteiger partial charge >= 0.3 is 5.97 Å². The number of rotatable bonds is 2. The summed E-state index contributed by atoms with van der Waals surface area (Å²) >= 11 is 0. The van der Waals surface area contributed by atoms with Crippen molar-refractivity contribution in [2.45, 2.75) is 0 Å². The minimum atomic E-state index is -0.343. The third kappa shape index (κ3) is 3.37. The SMILES string of the molecule is C=Cc1ccc(C#Cc2ccc(C(=O)OC)cc2)cc1. The molecule has 0 bridgehead atoms. The highest BCUT2D eigenvalue weighted by atomic mass is 16.5.